The molecule has 0 radical (unpaired) electrons. The Labute approximate surface area is 143 Å². The maximum atomic E-state index is 13.3. The summed E-state index contributed by atoms with van der Waals surface area (Å²) in [5.74, 6) is 0.690. The number of ketones is 1. The largest absolute Gasteiger partial charge is 0.376 e. The van der Waals surface area contributed by atoms with Crippen LogP contribution in [0.2, 0.25) is 5.02 Å². The number of nitrogens with one attached hydrogen (secondary N) is 1. The third kappa shape index (κ3) is 3.33. The first-order valence-corrected chi connectivity index (χ1v) is 8.84. The molecule has 0 bridgehead atoms. The van der Waals surface area contributed by atoms with E-state index < -0.39 is 0 Å². The Morgan fingerprint density at radius 3 is 2.61 bits per heavy atom. The summed E-state index contributed by atoms with van der Waals surface area (Å²) < 4.78 is 5.78. The SMILES string of the molecule is CC1(C)CC(C(=O)[C@]2(C)CNC[C@@H]2c2ccc(Cl)cc2)CCO1. The van der Waals surface area contributed by atoms with Crippen molar-refractivity contribution < 1.29 is 9.53 Å². The van der Waals surface area contributed by atoms with E-state index in [4.69, 9.17) is 16.3 Å². The zero-order valence-electron chi connectivity index (χ0n) is 14.2. The van der Waals surface area contributed by atoms with Gasteiger partial charge in [0.1, 0.15) is 5.78 Å². The van der Waals surface area contributed by atoms with Crippen LogP contribution in [0.3, 0.4) is 0 Å². The molecule has 23 heavy (non-hydrogen) atoms. The van der Waals surface area contributed by atoms with Crippen molar-refractivity contribution in [1.29, 1.82) is 0 Å². The maximum absolute atomic E-state index is 13.3. The zero-order valence-corrected chi connectivity index (χ0v) is 15.0. The number of hydrogen-bond donors (Lipinski definition) is 1. The van der Waals surface area contributed by atoms with Crippen LogP contribution in [0, 0.1) is 11.3 Å². The molecule has 3 rings (SSSR count). The molecule has 3 nitrogen and oxygen atoms in total. The summed E-state index contributed by atoms with van der Waals surface area (Å²) in [6, 6.07) is 7.94. The monoisotopic (exact) mass is 335 g/mol. The molecule has 3 atom stereocenters. The van der Waals surface area contributed by atoms with Crippen molar-refractivity contribution in [3.8, 4) is 0 Å². The number of rotatable bonds is 3. The van der Waals surface area contributed by atoms with Crippen molar-refractivity contribution in [1.82, 2.24) is 5.32 Å². The Hall–Kier alpha value is -0.900. The predicted molar refractivity (Wildman–Crippen MR) is 92.9 cm³/mol. The molecule has 4 heteroatoms. The molecule has 0 saturated carbocycles. The molecule has 2 aliphatic rings. The van der Waals surface area contributed by atoms with Gasteiger partial charge >= 0.3 is 0 Å². The molecule has 2 aliphatic heterocycles. The van der Waals surface area contributed by atoms with Gasteiger partial charge in [0.25, 0.3) is 0 Å². The van der Waals surface area contributed by atoms with Crippen molar-refractivity contribution in [2.24, 2.45) is 11.3 Å². The average Bonchev–Trinajstić information content (AvgIpc) is 2.89. The second-order valence-corrected chi connectivity index (χ2v) is 8.25. The van der Waals surface area contributed by atoms with E-state index in [1.54, 1.807) is 0 Å². The van der Waals surface area contributed by atoms with Gasteiger partial charge in [-0.3, -0.25) is 4.79 Å². The molecule has 2 heterocycles. The van der Waals surface area contributed by atoms with Gasteiger partial charge in [-0.05, 0) is 44.4 Å². The van der Waals surface area contributed by atoms with Crippen LogP contribution in [0.1, 0.15) is 45.1 Å². The molecule has 1 unspecified atom stereocenters. The summed E-state index contributed by atoms with van der Waals surface area (Å²) in [7, 11) is 0. The highest BCUT2D eigenvalue weighted by Crippen LogP contribution is 2.44. The average molecular weight is 336 g/mol. The van der Waals surface area contributed by atoms with Crippen LogP contribution in [0.25, 0.3) is 0 Å². The molecule has 1 aromatic carbocycles. The van der Waals surface area contributed by atoms with Gasteiger partial charge in [0.05, 0.1) is 5.60 Å². The molecular formula is C19H26ClNO2. The molecule has 0 aromatic heterocycles. The smallest absolute Gasteiger partial charge is 0.143 e. The first-order chi connectivity index (χ1) is 10.8. The summed E-state index contributed by atoms with van der Waals surface area (Å²) in [6.45, 7) is 8.56. The van der Waals surface area contributed by atoms with Crippen LogP contribution < -0.4 is 5.32 Å². The molecule has 126 valence electrons. The minimum Gasteiger partial charge on any atom is -0.376 e. The van der Waals surface area contributed by atoms with Gasteiger partial charge in [-0.15, -0.1) is 0 Å². The third-order valence-corrected chi connectivity index (χ3v) is 5.76. The van der Waals surface area contributed by atoms with E-state index >= 15 is 0 Å². The molecule has 1 N–H and O–H groups in total. The lowest BCUT2D eigenvalue weighted by Crippen LogP contribution is -2.44. The molecule has 2 fully saturated rings. The van der Waals surface area contributed by atoms with E-state index in [2.05, 4.69) is 38.2 Å². The molecule has 0 amide bonds. The van der Waals surface area contributed by atoms with Gasteiger partial charge < -0.3 is 10.1 Å². The number of benzene rings is 1. The highest BCUT2D eigenvalue weighted by molar-refractivity contribution is 6.30. The van der Waals surface area contributed by atoms with E-state index in [0.717, 1.165) is 31.0 Å². The second kappa shape index (κ2) is 6.19. The van der Waals surface area contributed by atoms with Gasteiger partial charge in [-0.25, -0.2) is 0 Å². The summed E-state index contributed by atoms with van der Waals surface area (Å²) in [4.78, 5) is 13.3. The molecule has 1 aromatic rings. The van der Waals surface area contributed by atoms with Gasteiger partial charge in [-0.2, -0.15) is 0 Å². The van der Waals surface area contributed by atoms with Crippen molar-refractivity contribution in [2.75, 3.05) is 19.7 Å². The molecule has 2 saturated heterocycles. The van der Waals surface area contributed by atoms with Gasteiger partial charge in [0.2, 0.25) is 0 Å². The standard InChI is InChI=1S/C19H26ClNO2/c1-18(2)10-14(8-9-23-18)17(22)19(3)12-21-11-16(19)13-4-6-15(20)7-5-13/h4-7,14,16,21H,8-12H2,1-3H3/t14?,16-,19-/m1/s1. The van der Waals surface area contributed by atoms with Crippen LogP contribution in [-0.4, -0.2) is 31.1 Å². The fourth-order valence-electron chi connectivity index (χ4n) is 4.19. The number of carbonyl (C=O) groups excluding carboxylic acids is 1. The van der Waals surface area contributed by atoms with Crippen molar-refractivity contribution in [3.05, 3.63) is 34.9 Å². The first-order valence-electron chi connectivity index (χ1n) is 8.46. The van der Waals surface area contributed by atoms with Crippen LogP contribution in [0.4, 0.5) is 0 Å². The number of carbonyl (C=O) groups is 1. The van der Waals surface area contributed by atoms with Crippen molar-refractivity contribution in [2.45, 2.75) is 45.1 Å². The summed E-state index contributed by atoms with van der Waals surface area (Å²) >= 11 is 6.01. The van der Waals surface area contributed by atoms with Crippen LogP contribution in [0.15, 0.2) is 24.3 Å². The quantitative estimate of drug-likeness (QED) is 0.912. The minimum absolute atomic E-state index is 0.0958. The van der Waals surface area contributed by atoms with Crippen molar-refractivity contribution in [3.63, 3.8) is 0 Å². The summed E-state index contributed by atoms with van der Waals surface area (Å²) in [5.41, 5.74) is 0.643. The highest BCUT2D eigenvalue weighted by Gasteiger charge is 2.49. The Balaban J connectivity index is 1.84. The number of Topliss-reactive ketones (excluding diaryl/α,β-unsaturated/α-hetero) is 1. The number of ether oxygens (including phenoxy) is 1. The lowest BCUT2D eigenvalue weighted by Gasteiger charge is -2.39. The molecule has 0 aliphatic carbocycles. The van der Waals surface area contributed by atoms with E-state index in [9.17, 15) is 4.79 Å². The zero-order chi connectivity index (χ0) is 16.7. The second-order valence-electron chi connectivity index (χ2n) is 7.81. The van der Waals surface area contributed by atoms with E-state index in [0.29, 0.717) is 12.4 Å². The summed E-state index contributed by atoms with van der Waals surface area (Å²) in [6.07, 6.45) is 1.65. The third-order valence-electron chi connectivity index (χ3n) is 5.51. The Kier molecular flexibility index (Phi) is 4.56. The van der Waals surface area contributed by atoms with E-state index in [1.165, 1.54) is 5.56 Å². The summed E-state index contributed by atoms with van der Waals surface area (Å²) in [5, 5.41) is 4.17. The van der Waals surface area contributed by atoms with E-state index in [1.807, 2.05) is 12.1 Å². The fourth-order valence-corrected chi connectivity index (χ4v) is 4.31. The highest BCUT2D eigenvalue weighted by atomic mass is 35.5. The van der Waals surface area contributed by atoms with Crippen LogP contribution >= 0.6 is 11.6 Å². The van der Waals surface area contributed by atoms with Gasteiger partial charge in [-0.1, -0.05) is 30.7 Å². The van der Waals surface area contributed by atoms with Crippen LogP contribution in [0.5, 0.6) is 0 Å². The predicted octanol–water partition coefficient (Wildman–Crippen LogP) is 3.81. The number of halogens is 1. The molecular weight excluding hydrogens is 310 g/mol. The molecule has 0 spiro atoms. The van der Waals surface area contributed by atoms with Gasteiger partial charge in [0.15, 0.2) is 0 Å². The topological polar surface area (TPSA) is 38.3 Å². The number of hydrogen-bond acceptors (Lipinski definition) is 3. The van der Waals surface area contributed by atoms with Crippen LogP contribution in [-0.2, 0) is 9.53 Å². The van der Waals surface area contributed by atoms with Gasteiger partial charge in [0, 0.05) is 42.0 Å². The van der Waals surface area contributed by atoms with Crippen molar-refractivity contribution >= 4 is 17.4 Å². The lowest BCUT2D eigenvalue weighted by molar-refractivity contribution is -0.141. The Morgan fingerprint density at radius 1 is 1.26 bits per heavy atom. The maximum Gasteiger partial charge on any atom is 0.143 e. The first kappa shape index (κ1) is 16.9. The van der Waals surface area contributed by atoms with E-state index in [-0.39, 0.29) is 22.9 Å². The lowest BCUT2D eigenvalue weighted by atomic mass is 9.67. The normalized spacial score (nSPS) is 33.6. The Morgan fingerprint density at radius 2 is 1.96 bits per heavy atom. The fraction of sp³-hybridized carbons (Fsp3) is 0.632. The Bertz CT molecular complexity index is 584. The minimum atomic E-state index is -0.355.